The van der Waals surface area contributed by atoms with E-state index in [-0.39, 0.29) is 17.9 Å². The van der Waals surface area contributed by atoms with Crippen molar-refractivity contribution in [3.05, 3.63) is 40.2 Å². The monoisotopic (exact) mass is 261 g/mol. The second-order valence-corrected chi connectivity index (χ2v) is 4.24. The molecule has 0 aliphatic rings. The van der Waals surface area contributed by atoms with E-state index in [0.717, 1.165) is 5.39 Å². The Hall–Kier alpha value is -2.30. The van der Waals surface area contributed by atoms with Crippen LogP contribution < -0.4 is 5.56 Å². The minimum absolute atomic E-state index is 0.0367. The van der Waals surface area contributed by atoms with Crippen molar-refractivity contribution in [2.75, 3.05) is 0 Å². The summed E-state index contributed by atoms with van der Waals surface area (Å²) in [5.74, 6) is -0.310. The lowest BCUT2D eigenvalue weighted by atomic mass is 10.1. The van der Waals surface area contributed by atoms with E-state index in [4.69, 9.17) is 4.74 Å². The van der Waals surface area contributed by atoms with E-state index < -0.39 is 5.97 Å². The van der Waals surface area contributed by atoms with Crippen LogP contribution in [0.25, 0.3) is 10.9 Å². The fourth-order valence-corrected chi connectivity index (χ4v) is 2.02. The van der Waals surface area contributed by atoms with Crippen molar-refractivity contribution in [2.24, 2.45) is 0 Å². The second-order valence-electron chi connectivity index (χ2n) is 4.24. The van der Waals surface area contributed by atoms with E-state index in [1.165, 1.54) is 6.92 Å². The molecule has 1 aromatic heterocycles. The van der Waals surface area contributed by atoms with E-state index in [1.54, 1.807) is 28.8 Å². The summed E-state index contributed by atoms with van der Waals surface area (Å²) in [6.45, 7) is 3.59. The van der Waals surface area contributed by atoms with Crippen molar-refractivity contribution >= 4 is 16.9 Å². The summed E-state index contributed by atoms with van der Waals surface area (Å²) in [6.07, 6.45) is 0. The highest BCUT2D eigenvalue weighted by Gasteiger charge is 2.10. The summed E-state index contributed by atoms with van der Waals surface area (Å²) in [5, 5.41) is 10.3. The Morgan fingerprint density at radius 1 is 1.37 bits per heavy atom. The quantitative estimate of drug-likeness (QED) is 0.855. The van der Waals surface area contributed by atoms with Crippen LogP contribution in [0.2, 0.25) is 0 Å². The molecule has 0 aliphatic carbocycles. The number of aromatic nitrogens is 1. The van der Waals surface area contributed by atoms with Crippen LogP contribution in [0.4, 0.5) is 0 Å². The molecular formula is C14H15NO4. The fourth-order valence-electron chi connectivity index (χ4n) is 2.02. The van der Waals surface area contributed by atoms with Crippen molar-refractivity contribution in [3.8, 4) is 5.75 Å². The number of aryl methyl sites for hydroxylation is 1. The van der Waals surface area contributed by atoms with Gasteiger partial charge in [-0.25, -0.2) is 0 Å². The molecule has 0 radical (unpaired) electrons. The number of esters is 1. The molecular weight excluding hydrogens is 246 g/mol. The van der Waals surface area contributed by atoms with Crippen molar-refractivity contribution in [1.29, 1.82) is 0 Å². The molecule has 5 nitrogen and oxygen atoms in total. The predicted octanol–water partition coefficient (Wildman–Crippen LogP) is 1.79. The Morgan fingerprint density at radius 3 is 2.74 bits per heavy atom. The molecule has 1 heterocycles. The molecule has 0 unspecified atom stereocenters. The number of phenolic OH excluding ortho intramolecular Hbond substituents is 1. The number of carbonyl (C=O) groups excluding carboxylic acids is 1. The summed E-state index contributed by atoms with van der Waals surface area (Å²) in [5.41, 5.74) is 0.885. The van der Waals surface area contributed by atoms with Crippen LogP contribution in [0.5, 0.6) is 5.75 Å². The van der Waals surface area contributed by atoms with Crippen molar-refractivity contribution < 1.29 is 14.6 Å². The maximum absolute atomic E-state index is 12.2. The zero-order valence-electron chi connectivity index (χ0n) is 10.8. The molecule has 2 aromatic rings. The first-order valence-electron chi connectivity index (χ1n) is 6.01. The summed E-state index contributed by atoms with van der Waals surface area (Å²) >= 11 is 0. The molecule has 2 rings (SSSR count). The Kier molecular flexibility index (Phi) is 3.55. The number of benzene rings is 1. The average Bonchev–Trinajstić information content (AvgIpc) is 2.36. The molecule has 1 aromatic carbocycles. The number of phenols is 1. The normalized spacial score (nSPS) is 10.6. The number of hydrogen-bond donors (Lipinski definition) is 1. The van der Waals surface area contributed by atoms with Gasteiger partial charge in [0.2, 0.25) is 0 Å². The first kappa shape index (κ1) is 13.1. The van der Waals surface area contributed by atoms with Gasteiger partial charge in [-0.15, -0.1) is 0 Å². The summed E-state index contributed by atoms with van der Waals surface area (Å²) in [4.78, 5) is 23.1. The number of rotatable bonds is 3. The number of fused-ring (bicyclic) bond motifs is 1. The lowest BCUT2D eigenvalue weighted by Crippen LogP contribution is -2.24. The largest absolute Gasteiger partial charge is 0.508 e. The van der Waals surface area contributed by atoms with Gasteiger partial charge in [0.1, 0.15) is 12.4 Å². The van der Waals surface area contributed by atoms with Gasteiger partial charge in [-0.05, 0) is 30.5 Å². The van der Waals surface area contributed by atoms with Crippen LogP contribution in [-0.2, 0) is 22.7 Å². The molecule has 0 spiro atoms. The highest BCUT2D eigenvalue weighted by atomic mass is 16.5. The Morgan fingerprint density at radius 2 is 2.11 bits per heavy atom. The molecule has 0 fully saturated rings. The van der Waals surface area contributed by atoms with Gasteiger partial charge in [-0.2, -0.15) is 0 Å². The zero-order valence-corrected chi connectivity index (χ0v) is 10.8. The Labute approximate surface area is 110 Å². The lowest BCUT2D eigenvalue weighted by Gasteiger charge is -2.11. The van der Waals surface area contributed by atoms with Crippen LogP contribution >= 0.6 is 0 Å². The first-order valence-corrected chi connectivity index (χ1v) is 6.01. The summed E-state index contributed by atoms with van der Waals surface area (Å²) in [6, 6.07) is 6.53. The molecule has 0 bridgehead atoms. The molecule has 0 aliphatic heterocycles. The molecule has 1 N–H and O–H groups in total. The molecule has 0 amide bonds. The Balaban J connectivity index is 2.61. The number of pyridine rings is 1. The van der Waals surface area contributed by atoms with Crippen LogP contribution in [0.1, 0.15) is 19.4 Å². The molecule has 19 heavy (non-hydrogen) atoms. The van der Waals surface area contributed by atoms with E-state index in [1.807, 2.05) is 6.92 Å². The molecule has 0 atom stereocenters. The van der Waals surface area contributed by atoms with E-state index in [9.17, 15) is 14.7 Å². The van der Waals surface area contributed by atoms with E-state index in [0.29, 0.717) is 17.6 Å². The van der Waals surface area contributed by atoms with Crippen LogP contribution in [0, 0.1) is 0 Å². The third-order valence-electron chi connectivity index (χ3n) is 2.90. The zero-order chi connectivity index (χ0) is 14.0. The van der Waals surface area contributed by atoms with E-state index in [2.05, 4.69) is 0 Å². The summed E-state index contributed by atoms with van der Waals surface area (Å²) < 4.78 is 6.43. The number of aromatic hydroxyl groups is 1. The molecule has 0 saturated heterocycles. The van der Waals surface area contributed by atoms with Gasteiger partial charge >= 0.3 is 5.97 Å². The van der Waals surface area contributed by atoms with Gasteiger partial charge in [0.15, 0.2) is 0 Å². The lowest BCUT2D eigenvalue weighted by molar-refractivity contribution is -0.142. The SMILES string of the molecule is CCn1c(=O)c(COC(C)=O)cc2ccc(O)cc21. The summed E-state index contributed by atoms with van der Waals surface area (Å²) in [7, 11) is 0. The predicted molar refractivity (Wildman–Crippen MR) is 71.0 cm³/mol. The average molecular weight is 261 g/mol. The van der Waals surface area contributed by atoms with Gasteiger partial charge in [-0.3, -0.25) is 9.59 Å². The molecule has 0 saturated carbocycles. The fraction of sp³-hybridized carbons (Fsp3) is 0.286. The standard InChI is InChI=1S/C14H15NO4/c1-3-15-13-7-12(17)5-4-10(13)6-11(14(15)18)8-19-9(2)16/h4-7,17H,3,8H2,1-2H3. The van der Waals surface area contributed by atoms with Gasteiger partial charge in [0, 0.05) is 19.5 Å². The van der Waals surface area contributed by atoms with Gasteiger partial charge in [-0.1, -0.05) is 0 Å². The number of nitrogens with zero attached hydrogens (tertiary/aromatic N) is 1. The molecule has 100 valence electrons. The van der Waals surface area contributed by atoms with Gasteiger partial charge in [0.05, 0.1) is 11.1 Å². The maximum atomic E-state index is 12.2. The number of hydrogen-bond acceptors (Lipinski definition) is 4. The minimum Gasteiger partial charge on any atom is -0.508 e. The maximum Gasteiger partial charge on any atom is 0.302 e. The third kappa shape index (κ3) is 2.59. The Bertz CT molecular complexity index is 688. The van der Waals surface area contributed by atoms with Gasteiger partial charge in [0.25, 0.3) is 5.56 Å². The third-order valence-corrected chi connectivity index (χ3v) is 2.90. The van der Waals surface area contributed by atoms with Crippen molar-refractivity contribution in [3.63, 3.8) is 0 Å². The number of carbonyl (C=O) groups is 1. The first-order chi connectivity index (χ1) is 9.02. The number of ether oxygens (including phenoxy) is 1. The second kappa shape index (κ2) is 5.14. The topological polar surface area (TPSA) is 68.5 Å². The van der Waals surface area contributed by atoms with Crippen LogP contribution in [0.15, 0.2) is 29.1 Å². The highest BCUT2D eigenvalue weighted by molar-refractivity contribution is 5.81. The van der Waals surface area contributed by atoms with Crippen LogP contribution in [0.3, 0.4) is 0 Å². The van der Waals surface area contributed by atoms with Crippen molar-refractivity contribution in [2.45, 2.75) is 27.0 Å². The van der Waals surface area contributed by atoms with Crippen LogP contribution in [-0.4, -0.2) is 15.6 Å². The van der Waals surface area contributed by atoms with Crippen molar-refractivity contribution in [1.82, 2.24) is 4.57 Å². The molecule has 5 heteroatoms. The van der Waals surface area contributed by atoms with E-state index >= 15 is 0 Å². The highest BCUT2D eigenvalue weighted by Crippen LogP contribution is 2.19. The van der Waals surface area contributed by atoms with Gasteiger partial charge < -0.3 is 14.4 Å². The smallest absolute Gasteiger partial charge is 0.302 e. The minimum atomic E-state index is -0.423.